The van der Waals surface area contributed by atoms with Crippen LogP contribution in [-0.4, -0.2) is 87.6 Å². The molecule has 0 rings (SSSR count). The van der Waals surface area contributed by atoms with Crippen molar-refractivity contribution in [2.24, 2.45) is 5.73 Å². The summed E-state index contributed by atoms with van der Waals surface area (Å²) in [4.78, 5) is 59.1. The van der Waals surface area contributed by atoms with E-state index in [4.69, 9.17) is 10.8 Å². The molecular formula is C16H28N4O7S3. The van der Waals surface area contributed by atoms with Crippen LogP contribution in [0, 0.1) is 0 Å². The smallest absolute Gasteiger partial charge is 0.326 e. The van der Waals surface area contributed by atoms with Gasteiger partial charge >= 0.3 is 11.9 Å². The Morgan fingerprint density at radius 1 is 0.867 bits per heavy atom. The van der Waals surface area contributed by atoms with Gasteiger partial charge in [0.2, 0.25) is 17.7 Å². The maximum absolute atomic E-state index is 12.5. The lowest BCUT2D eigenvalue weighted by molar-refractivity contribution is -0.143. The fourth-order valence-corrected chi connectivity index (χ4v) is 3.02. The van der Waals surface area contributed by atoms with Crippen LogP contribution in [0.5, 0.6) is 0 Å². The number of rotatable bonds is 15. The van der Waals surface area contributed by atoms with Crippen LogP contribution >= 0.6 is 37.0 Å². The maximum atomic E-state index is 12.5. The summed E-state index contributed by atoms with van der Waals surface area (Å²) in [5, 5.41) is 25.2. The van der Waals surface area contributed by atoms with Gasteiger partial charge in [0.1, 0.15) is 18.1 Å². The first-order valence-electron chi connectivity index (χ1n) is 8.89. The first-order valence-corrected chi connectivity index (χ1v) is 11.5. The third kappa shape index (κ3) is 10.9. The molecule has 0 saturated carbocycles. The summed E-state index contributed by atoms with van der Waals surface area (Å²) in [6, 6.07) is -4.61. The van der Waals surface area contributed by atoms with Gasteiger partial charge in [-0.1, -0.05) is 0 Å². The number of thiol groups is 2. The molecule has 11 nitrogen and oxygen atoms in total. The van der Waals surface area contributed by atoms with Crippen LogP contribution in [0.2, 0.25) is 0 Å². The van der Waals surface area contributed by atoms with Crippen LogP contribution < -0.4 is 21.7 Å². The molecule has 0 fully saturated rings. The zero-order valence-electron chi connectivity index (χ0n) is 16.4. The molecule has 0 saturated heterocycles. The monoisotopic (exact) mass is 484 g/mol. The van der Waals surface area contributed by atoms with E-state index in [1.807, 2.05) is 0 Å². The van der Waals surface area contributed by atoms with Gasteiger partial charge in [-0.05, 0) is 24.9 Å². The van der Waals surface area contributed by atoms with Crippen molar-refractivity contribution in [3.05, 3.63) is 0 Å². The van der Waals surface area contributed by atoms with Gasteiger partial charge < -0.3 is 31.9 Å². The van der Waals surface area contributed by atoms with E-state index in [-0.39, 0.29) is 24.3 Å². The van der Waals surface area contributed by atoms with E-state index in [2.05, 4.69) is 41.2 Å². The van der Waals surface area contributed by atoms with E-state index < -0.39 is 60.2 Å². The molecule has 0 aromatic heterocycles. The summed E-state index contributed by atoms with van der Waals surface area (Å²) >= 11 is 9.29. The summed E-state index contributed by atoms with van der Waals surface area (Å²) in [5.41, 5.74) is 5.54. The van der Waals surface area contributed by atoms with Crippen molar-refractivity contribution >= 4 is 66.7 Å². The Morgan fingerprint density at radius 2 is 1.40 bits per heavy atom. The number of aliphatic carboxylic acids is 2. The maximum Gasteiger partial charge on any atom is 0.326 e. The number of nitrogens with one attached hydrogen (secondary N) is 3. The van der Waals surface area contributed by atoms with E-state index >= 15 is 0 Å². The molecule has 0 radical (unpaired) electrons. The van der Waals surface area contributed by atoms with Crippen LogP contribution in [0.1, 0.15) is 19.3 Å². The summed E-state index contributed by atoms with van der Waals surface area (Å²) in [7, 11) is 0. The van der Waals surface area contributed by atoms with Gasteiger partial charge in [0.05, 0.1) is 6.04 Å². The molecule has 14 heteroatoms. The molecule has 0 spiro atoms. The Balaban J connectivity index is 5.27. The van der Waals surface area contributed by atoms with Crippen molar-refractivity contribution in [1.82, 2.24) is 16.0 Å². The van der Waals surface area contributed by atoms with E-state index in [1.54, 1.807) is 6.26 Å². The first kappa shape index (κ1) is 28.4. The summed E-state index contributed by atoms with van der Waals surface area (Å²) in [6.45, 7) is 0. The second-order valence-electron chi connectivity index (χ2n) is 6.21. The predicted molar refractivity (Wildman–Crippen MR) is 119 cm³/mol. The summed E-state index contributed by atoms with van der Waals surface area (Å²) in [5.74, 6) is -4.31. The Bertz CT molecular complexity index is 624. The van der Waals surface area contributed by atoms with Crippen molar-refractivity contribution in [3.63, 3.8) is 0 Å². The third-order valence-electron chi connectivity index (χ3n) is 3.85. The normalized spacial score (nSPS) is 14.7. The highest BCUT2D eigenvalue weighted by atomic mass is 32.2. The average Bonchev–Trinajstić information content (AvgIpc) is 2.70. The second kappa shape index (κ2) is 15.2. The van der Waals surface area contributed by atoms with Crippen LogP contribution in [-0.2, 0) is 24.0 Å². The summed E-state index contributed by atoms with van der Waals surface area (Å²) < 4.78 is 0. The van der Waals surface area contributed by atoms with Crippen molar-refractivity contribution in [2.45, 2.75) is 43.4 Å². The van der Waals surface area contributed by atoms with Crippen molar-refractivity contribution < 1.29 is 34.2 Å². The number of carbonyl (C=O) groups excluding carboxylic acids is 3. The van der Waals surface area contributed by atoms with Crippen LogP contribution in [0.3, 0.4) is 0 Å². The van der Waals surface area contributed by atoms with Gasteiger partial charge in [0.15, 0.2) is 0 Å². The fraction of sp³-hybridized carbons (Fsp3) is 0.688. The zero-order chi connectivity index (χ0) is 23.3. The molecule has 172 valence electrons. The van der Waals surface area contributed by atoms with Gasteiger partial charge in [0, 0.05) is 17.9 Å². The highest BCUT2D eigenvalue weighted by Gasteiger charge is 2.29. The second-order valence-corrected chi connectivity index (χ2v) is 7.92. The molecular weight excluding hydrogens is 456 g/mol. The number of thioether (sulfide) groups is 1. The number of nitrogens with two attached hydrogens (primary N) is 1. The van der Waals surface area contributed by atoms with Gasteiger partial charge in [-0.15, -0.1) is 0 Å². The van der Waals surface area contributed by atoms with Gasteiger partial charge in [-0.25, -0.2) is 4.79 Å². The molecule has 0 aromatic rings. The highest BCUT2D eigenvalue weighted by Crippen LogP contribution is 2.05. The van der Waals surface area contributed by atoms with E-state index in [0.29, 0.717) is 5.75 Å². The molecule has 0 aliphatic carbocycles. The van der Waals surface area contributed by atoms with Crippen LogP contribution in [0.25, 0.3) is 0 Å². The highest BCUT2D eigenvalue weighted by molar-refractivity contribution is 7.98. The topological polar surface area (TPSA) is 188 Å². The number of carboxylic acids is 2. The molecule has 4 unspecified atom stereocenters. The first-order chi connectivity index (χ1) is 14.1. The lowest BCUT2D eigenvalue weighted by Gasteiger charge is -2.24. The third-order valence-corrected chi connectivity index (χ3v) is 5.26. The molecule has 0 aliphatic rings. The molecule has 30 heavy (non-hydrogen) atoms. The Kier molecular flexibility index (Phi) is 14.4. The minimum absolute atomic E-state index is 0.0447. The van der Waals surface area contributed by atoms with E-state index in [1.165, 1.54) is 11.8 Å². The minimum atomic E-state index is -1.32. The standard InChI is InChI=1S/C16H28N4O7S3/c1-30-5-4-10(16(26)27)19-14(24)9(2-3-12(21)22)18-15(25)11(7-29)20-13(23)8(17)6-28/h8-11,28-29H,2-7,17H2,1H3,(H,18,25)(H,19,24)(H,20,23)(H,21,22)(H,26,27). The number of amides is 3. The van der Waals surface area contributed by atoms with Crippen LogP contribution in [0.4, 0.5) is 0 Å². The molecule has 0 heterocycles. The molecule has 0 aromatic carbocycles. The number of carboxylic acid groups (broad SMARTS) is 2. The van der Waals surface area contributed by atoms with Crippen molar-refractivity contribution in [1.29, 1.82) is 0 Å². The molecule has 7 N–H and O–H groups in total. The van der Waals surface area contributed by atoms with Gasteiger partial charge in [0.25, 0.3) is 0 Å². The quantitative estimate of drug-likeness (QED) is 0.126. The number of hydrogen-bond acceptors (Lipinski definition) is 9. The lowest BCUT2D eigenvalue weighted by atomic mass is 10.1. The molecule has 3 amide bonds. The van der Waals surface area contributed by atoms with Gasteiger partial charge in [-0.2, -0.15) is 37.0 Å². The Morgan fingerprint density at radius 3 is 1.87 bits per heavy atom. The molecule has 0 aliphatic heterocycles. The Hall–Kier alpha value is -1.64. The largest absolute Gasteiger partial charge is 0.481 e. The van der Waals surface area contributed by atoms with E-state index in [0.717, 1.165) is 0 Å². The van der Waals surface area contributed by atoms with Crippen LogP contribution in [0.15, 0.2) is 0 Å². The number of hydrogen-bond donors (Lipinski definition) is 8. The lowest BCUT2D eigenvalue weighted by Crippen LogP contribution is -2.57. The molecule has 4 atom stereocenters. The van der Waals surface area contributed by atoms with Gasteiger partial charge in [-0.3, -0.25) is 19.2 Å². The number of carbonyl (C=O) groups is 5. The molecule has 0 bridgehead atoms. The van der Waals surface area contributed by atoms with Crippen molar-refractivity contribution in [2.75, 3.05) is 23.5 Å². The van der Waals surface area contributed by atoms with Crippen molar-refractivity contribution in [3.8, 4) is 0 Å². The SMILES string of the molecule is CSCCC(NC(=O)C(CCC(=O)O)NC(=O)C(CS)NC(=O)C(N)CS)C(=O)O. The van der Waals surface area contributed by atoms with E-state index in [9.17, 15) is 29.1 Å². The fourth-order valence-electron chi connectivity index (χ4n) is 2.13. The minimum Gasteiger partial charge on any atom is -0.481 e. The summed E-state index contributed by atoms with van der Waals surface area (Å²) in [6.07, 6.45) is 1.22. The predicted octanol–water partition coefficient (Wildman–Crippen LogP) is -1.67. The average molecular weight is 485 g/mol. The zero-order valence-corrected chi connectivity index (χ0v) is 19.0. The Labute approximate surface area is 189 Å².